The first-order chi connectivity index (χ1) is 5.84. The zero-order valence-electron chi connectivity index (χ0n) is 7.80. The summed E-state index contributed by atoms with van der Waals surface area (Å²) in [5.74, 6) is 1.000. The highest BCUT2D eigenvalue weighted by Crippen LogP contribution is 2.18. The van der Waals surface area contributed by atoms with Gasteiger partial charge in [-0.1, -0.05) is 43.6 Å². The van der Waals surface area contributed by atoms with Gasteiger partial charge in [0, 0.05) is 10.8 Å². The summed E-state index contributed by atoms with van der Waals surface area (Å²) in [4.78, 5) is 0. The highest BCUT2D eigenvalue weighted by Gasteiger charge is 1.94. The van der Waals surface area contributed by atoms with E-state index in [4.69, 9.17) is 11.6 Å². The standard InChI is InChI=1S/C8H9ClS.C2H6/c1-10-6-7-4-2-3-5-8(7)9;1-2/h2-5H,6H2,1H3;1-2H3. The van der Waals surface area contributed by atoms with E-state index in [2.05, 4.69) is 12.3 Å². The molecule has 0 heterocycles. The molecule has 1 aromatic rings. The highest BCUT2D eigenvalue weighted by atomic mass is 35.5. The zero-order chi connectivity index (χ0) is 9.40. The Morgan fingerprint density at radius 3 is 2.33 bits per heavy atom. The largest absolute Gasteiger partial charge is 0.161 e. The summed E-state index contributed by atoms with van der Waals surface area (Å²) in [5, 5.41) is 0.872. The molecule has 0 bridgehead atoms. The fourth-order valence-electron chi connectivity index (χ4n) is 0.771. The van der Waals surface area contributed by atoms with Crippen molar-refractivity contribution in [2.24, 2.45) is 0 Å². The van der Waals surface area contributed by atoms with E-state index in [1.54, 1.807) is 11.8 Å². The fraction of sp³-hybridized carbons (Fsp3) is 0.400. The van der Waals surface area contributed by atoms with Crippen LogP contribution in [0.2, 0.25) is 5.02 Å². The molecule has 0 radical (unpaired) electrons. The summed E-state index contributed by atoms with van der Waals surface area (Å²) in [6.45, 7) is 4.00. The van der Waals surface area contributed by atoms with Crippen LogP contribution < -0.4 is 0 Å². The van der Waals surface area contributed by atoms with E-state index in [-0.39, 0.29) is 0 Å². The molecule has 1 aromatic carbocycles. The lowest BCUT2D eigenvalue weighted by molar-refractivity contribution is 1.42. The lowest BCUT2D eigenvalue weighted by Crippen LogP contribution is -1.79. The van der Waals surface area contributed by atoms with Crippen molar-refractivity contribution < 1.29 is 0 Å². The molecular weight excluding hydrogens is 188 g/mol. The van der Waals surface area contributed by atoms with Gasteiger partial charge < -0.3 is 0 Å². The third-order valence-corrected chi connectivity index (χ3v) is 2.23. The minimum Gasteiger partial charge on any atom is -0.161 e. The summed E-state index contributed by atoms with van der Waals surface area (Å²) in [6, 6.07) is 7.94. The van der Waals surface area contributed by atoms with E-state index < -0.39 is 0 Å². The molecule has 1 rings (SSSR count). The molecule has 0 nitrogen and oxygen atoms in total. The fourth-order valence-corrected chi connectivity index (χ4v) is 1.62. The Labute approximate surface area is 84.3 Å². The van der Waals surface area contributed by atoms with Crippen LogP contribution in [-0.4, -0.2) is 6.26 Å². The first-order valence-corrected chi connectivity index (χ1v) is 5.84. The first-order valence-electron chi connectivity index (χ1n) is 4.07. The Morgan fingerprint density at radius 1 is 1.25 bits per heavy atom. The van der Waals surface area contributed by atoms with Crippen LogP contribution in [0.25, 0.3) is 0 Å². The van der Waals surface area contributed by atoms with Crippen LogP contribution >= 0.6 is 23.4 Å². The number of thioether (sulfide) groups is 1. The lowest BCUT2D eigenvalue weighted by atomic mass is 10.2. The van der Waals surface area contributed by atoms with Crippen LogP contribution in [0.3, 0.4) is 0 Å². The van der Waals surface area contributed by atoms with Crippen LogP contribution in [0.15, 0.2) is 24.3 Å². The SMILES string of the molecule is CC.CSCc1ccccc1Cl. The van der Waals surface area contributed by atoms with Crippen LogP contribution in [-0.2, 0) is 5.75 Å². The monoisotopic (exact) mass is 202 g/mol. The molecule has 0 saturated heterocycles. The minimum absolute atomic E-state index is 0.872. The van der Waals surface area contributed by atoms with E-state index in [1.165, 1.54) is 5.56 Å². The molecule has 0 amide bonds. The Hall–Kier alpha value is -0.140. The average Bonchev–Trinajstić information content (AvgIpc) is 2.13. The van der Waals surface area contributed by atoms with Gasteiger partial charge in [-0.15, -0.1) is 0 Å². The molecule has 0 unspecified atom stereocenters. The molecule has 68 valence electrons. The van der Waals surface area contributed by atoms with Crippen LogP contribution in [0.4, 0.5) is 0 Å². The Bertz CT molecular complexity index is 211. The second-order valence-corrected chi connectivity index (χ2v) is 3.30. The zero-order valence-corrected chi connectivity index (χ0v) is 9.38. The topological polar surface area (TPSA) is 0 Å². The van der Waals surface area contributed by atoms with Crippen LogP contribution in [0.1, 0.15) is 19.4 Å². The van der Waals surface area contributed by atoms with Gasteiger partial charge in [0.1, 0.15) is 0 Å². The Kier molecular flexibility index (Phi) is 7.42. The average molecular weight is 203 g/mol. The molecule has 0 spiro atoms. The lowest BCUT2D eigenvalue weighted by Gasteiger charge is -1.98. The summed E-state index contributed by atoms with van der Waals surface area (Å²) in [7, 11) is 0. The molecule has 0 atom stereocenters. The van der Waals surface area contributed by atoms with E-state index in [9.17, 15) is 0 Å². The number of benzene rings is 1. The van der Waals surface area contributed by atoms with Crippen LogP contribution in [0.5, 0.6) is 0 Å². The third-order valence-electron chi connectivity index (χ3n) is 1.26. The molecule has 0 fully saturated rings. The molecular formula is C10H15ClS. The van der Waals surface area contributed by atoms with Gasteiger partial charge >= 0.3 is 0 Å². The van der Waals surface area contributed by atoms with Crippen molar-refractivity contribution in [2.75, 3.05) is 6.26 Å². The van der Waals surface area contributed by atoms with Crippen molar-refractivity contribution in [2.45, 2.75) is 19.6 Å². The number of rotatable bonds is 2. The molecule has 0 aliphatic rings. The second-order valence-electron chi connectivity index (χ2n) is 2.02. The van der Waals surface area contributed by atoms with E-state index in [0.29, 0.717) is 0 Å². The molecule has 12 heavy (non-hydrogen) atoms. The van der Waals surface area contributed by atoms with Crippen molar-refractivity contribution in [1.29, 1.82) is 0 Å². The van der Waals surface area contributed by atoms with Crippen molar-refractivity contribution in [3.63, 3.8) is 0 Å². The molecule has 0 saturated carbocycles. The molecule has 0 aliphatic carbocycles. The third kappa shape index (κ3) is 4.03. The second kappa shape index (κ2) is 7.51. The maximum absolute atomic E-state index is 5.89. The number of hydrogen-bond donors (Lipinski definition) is 0. The molecule has 0 aromatic heterocycles. The van der Waals surface area contributed by atoms with Gasteiger partial charge in [-0.05, 0) is 17.9 Å². The Morgan fingerprint density at radius 2 is 1.83 bits per heavy atom. The quantitative estimate of drug-likeness (QED) is 0.692. The van der Waals surface area contributed by atoms with Gasteiger partial charge in [0.05, 0.1) is 0 Å². The predicted octanol–water partition coefficient (Wildman–Crippen LogP) is 4.23. The summed E-state index contributed by atoms with van der Waals surface area (Å²) < 4.78 is 0. The van der Waals surface area contributed by atoms with E-state index in [1.807, 2.05) is 32.0 Å². The normalized spacial score (nSPS) is 8.67. The maximum atomic E-state index is 5.89. The summed E-state index contributed by atoms with van der Waals surface area (Å²) in [6.07, 6.45) is 2.07. The summed E-state index contributed by atoms with van der Waals surface area (Å²) >= 11 is 7.67. The molecule has 0 aliphatic heterocycles. The van der Waals surface area contributed by atoms with Gasteiger partial charge in [-0.2, -0.15) is 11.8 Å². The smallest absolute Gasteiger partial charge is 0.0446 e. The van der Waals surface area contributed by atoms with Crippen LogP contribution in [0, 0.1) is 0 Å². The molecule has 0 N–H and O–H groups in total. The predicted molar refractivity (Wildman–Crippen MR) is 60.0 cm³/mol. The number of hydrogen-bond acceptors (Lipinski definition) is 1. The first kappa shape index (κ1) is 11.9. The van der Waals surface area contributed by atoms with E-state index in [0.717, 1.165) is 10.8 Å². The van der Waals surface area contributed by atoms with Gasteiger partial charge in [0.2, 0.25) is 0 Å². The van der Waals surface area contributed by atoms with Crippen molar-refractivity contribution >= 4 is 23.4 Å². The van der Waals surface area contributed by atoms with Crippen molar-refractivity contribution in [3.05, 3.63) is 34.9 Å². The van der Waals surface area contributed by atoms with Crippen molar-refractivity contribution in [3.8, 4) is 0 Å². The van der Waals surface area contributed by atoms with Gasteiger partial charge in [0.15, 0.2) is 0 Å². The summed E-state index contributed by atoms with van der Waals surface area (Å²) in [5.41, 5.74) is 1.22. The van der Waals surface area contributed by atoms with Gasteiger partial charge in [-0.3, -0.25) is 0 Å². The highest BCUT2D eigenvalue weighted by molar-refractivity contribution is 7.97. The van der Waals surface area contributed by atoms with Gasteiger partial charge in [-0.25, -0.2) is 0 Å². The molecule has 2 heteroatoms. The van der Waals surface area contributed by atoms with E-state index >= 15 is 0 Å². The van der Waals surface area contributed by atoms with Crippen molar-refractivity contribution in [1.82, 2.24) is 0 Å². The Balaban J connectivity index is 0.000000561. The van der Waals surface area contributed by atoms with Gasteiger partial charge in [0.25, 0.3) is 0 Å². The minimum atomic E-state index is 0.872. The maximum Gasteiger partial charge on any atom is 0.0446 e. The number of halogens is 1.